The minimum absolute atomic E-state index is 0.111. The molecule has 0 radical (unpaired) electrons. The quantitative estimate of drug-likeness (QED) is 0.288. The van der Waals surface area contributed by atoms with E-state index in [0.29, 0.717) is 6.61 Å². The number of rotatable bonds is 14. The van der Waals surface area contributed by atoms with Gasteiger partial charge in [-0.2, -0.15) is 8.42 Å². The molecule has 0 aliphatic carbocycles. The van der Waals surface area contributed by atoms with E-state index in [-0.39, 0.29) is 11.5 Å². The van der Waals surface area contributed by atoms with Crippen molar-refractivity contribution < 1.29 is 46.7 Å². The van der Waals surface area contributed by atoms with Crippen molar-refractivity contribution in [1.29, 1.82) is 0 Å². The maximum Gasteiger partial charge on any atom is 0.451 e. The van der Waals surface area contributed by atoms with Crippen LogP contribution in [-0.2, 0) is 19.3 Å². The molecule has 1 heterocycles. The number of benzene rings is 1. The van der Waals surface area contributed by atoms with Gasteiger partial charge in [-0.15, -0.1) is 0 Å². The smallest absolute Gasteiger partial charge is 0.451 e. The lowest BCUT2D eigenvalue weighted by molar-refractivity contribution is -0.277. The maximum atomic E-state index is 12.4. The number of hydrogen-bond donors (Lipinski definition) is 4. The SMILES string of the molecule is CCCCCCCCCOc1ccccc1OS(=O)(=O)O[C@@H]1O[C@H](CO)[C@H](O)[C@H](O)[C@H]1O. The molecule has 1 aromatic rings. The fraction of sp³-hybridized carbons (Fsp3) is 0.714. The lowest BCUT2D eigenvalue weighted by atomic mass is 10.00. The average Bonchev–Trinajstić information content (AvgIpc) is 2.76. The Morgan fingerprint density at radius 3 is 2.19 bits per heavy atom. The molecule has 1 saturated heterocycles. The summed E-state index contributed by atoms with van der Waals surface area (Å²) in [6.45, 7) is 1.84. The van der Waals surface area contributed by atoms with Crippen molar-refractivity contribution in [2.24, 2.45) is 0 Å². The monoisotopic (exact) mass is 478 g/mol. The van der Waals surface area contributed by atoms with Crippen molar-refractivity contribution >= 4 is 10.4 Å². The Bertz CT molecular complexity index is 770. The largest absolute Gasteiger partial charge is 0.490 e. The first-order valence-corrected chi connectivity index (χ1v) is 12.3. The molecule has 2 rings (SSSR count). The van der Waals surface area contributed by atoms with Crippen molar-refractivity contribution in [3.8, 4) is 11.5 Å². The molecule has 1 aliphatic heterocycles. The molecule has 4 N–H and O–H groups in total. The third kappa shape index (κ3) is 8.14. The van der Waals surface area contributed by atoms with Gasteiger partial charge >= 0.3 is 10.4 Å². The summed E-state index contributed by atoms with van der Waals surface area (Å²) in [6.07, 6.45) is -0.719. The zero-order valence-electron chi connectivity index (χ0n) is 18.2. The molecule has 0 bridgehead atoms. The van der Waals surface area contributed by atoms with Gasteiger partial charge in [-0.25, -0.2) is 4.18 Å². The molecule has 5 atom stereocenters. The van der Waals surface area contributed by atoms with Crippen molar-refractivity contribution in [3.05, 3.63) is 24.3 Å². The van der Waals surface area contributed by atoms with E-state index in [4.69, 9.17) is 17.8 Å². The summed E-state index contributed by atoms with van der Waals surface area (Å²) in [7, 11) is -4.75. The minimum atomic E-state index is -4.75. The molecule has 0 saturated carbocycles. The third-order valence-corrected chi connectivity index (χ3v) is 5.92. The number of unbranched alkanes of at least 4 members (excludes halogenated alkanes) is 6. The van der Waals surface area contributed by atoms with Gasteiger partial charge in [0, 0.05) is 0 Å². The second-order valence-electron chi connectivity index (χ2n) is 7.70. The van der Waals surface area contributed by atoms with Crippen molar-refractivity contribution in [2.45, 2.75) is 82.6 Å². The predicted octanol–water partition coefficient (Wildman–Crippen LogP) is 1.26. The highest BCUT2D eigenvalue weighted by atomic mass is 32.3. The van der Waals surface area contributed by atoms with Crippen LogP contribution in [0, 0.1) is 0 Å². The van der Waals surface area contributed by atoms with Crippen LogP contribution in [0.1, 0.15) is 51.9 Å². The molecule has 0 spiro atoms. The van der Waals surface area contributed by atoms with E-state index in [9.17, 15) is 28.8 Å². The Kier molecular flexibility index (Phi) is 11.1. The molecule has 1 aliphatic rings. The third-order valence-electron chi connectivity index (χ3n) is 5.11. The molecular weight excluding hydrogens is 444 g/mol. The Labute approximate surface area is 189 Å². The van der Waals surface area contributed by atoms with Gasteiger partial charge in [0.2, 0.25) is 6.29 Å². The molecule has 0 unspecified atom stereocenters. The first kappa shape index (κ1) is 26.8. The summed E-state index contributed by atoms with van der Waals surface area (Å²) in [5, 5.41) is 38.7. The van der Waals surface area contributed by atoms with Gasteiger partial charge in [-0.1, -0.05) is 57.6 Å². The molecule has 11 heteroatoms. The highest BCUT2D eigenvalue weighted by molar-refractivity contribution is 7.82. The van der Waals surface area contributed by atoms with E-state index in [0.717, 1.165) is 19.3 Å². The van der Waals surface area contributed by atoms with E-state index in [1.165, 1.54) is 31.7 Å². The van der Waals surface area contributed by atoms with E-state index < -0.39 is 47.7 Å². The highest BCUT2D eigenvalue weighted by Gasteiger charge is 2.46. The summed E-state index contributed by atoms with van der Waals surface area (Å²) in [5.41, 5.74) is 0. The molecule has 32 heavy (non-hydrogen) atoms. The first-order valence-electron chi connectivity index (χ1n) is 10.9. The maximum absolute atomic E-state index is 12.4. The number of hydrogen-bond acceptors (Lipinski definition) is 10. The van der Waals surface area contributed by atoms with Gasteiger partial charge in [0.25, 0.3) is 0 Å². The summed E-state index contributed by atoms with van der Waals surface area (Å²) >= 11 is 0. The van der Waals surface area contributed by atoms with Crippen LogP contribution in [0.5, 0.6) is 11.5 Å². The standard InChI is InChI=1S/C21H34O10S/c1-2-3-4-5-6-7-10-13-28-15-11-8-9-12-16(15)30-32(26,27)31-21-20(25)19(24)18(23)17(14-22)29-21/h8-9,11-12,17-25H,2-7,10,13-14H2,1H3/t17-,18+,19+,20-,21+/m1/s1. The molecular formula is C21H34O10S. The van der Waals surface area contributed by atoms with Gasteiger partial charge in [-0.3, -0.25) is 0 Å². The second kappa shape index (κ2) is 13.3. The summed E-state index contributed by atoms with van der Waals surface area (Å²) in [5.74, 6) is 0.0968. The fourth-order valence-electron chi connectivity index (χ4n) is 3.27. The highest BCUT2D eigenvalue weighted by Crippen LogP contribution is 2.30. The normalized spacial score (nSPS) is 26.1. The van der Waals surface area contributed by atoms with Crippen LogP contribution in [0.25, 0.3) is 0 Å². The number of aliphatic hydroxyl groups is 4. The number of para-hydroxylation sites is 2. The summed E-state index contributed by atoms with van der Waals surface area (Å²) in [6, 6.07) is 6.16. The van der Waals surface area contributed by atoms with Crippen molar-refractivity contribution in [3.63, 3.8) is 0 Å². The lowest BCUT2D eigenvalue weighted by Gasteiger charge is -2.38. The topological polar surface area (TPSA) is 152 Å². The Balaban J connectivity index is 1.90. The summed E-state index contributed by atoms with van der Waals surface area (Å²) < 4.78 is 45.1. The van der Waals surface area contributed by atoms with Gasteiger partial charge in [0.05, 0.1) is 13.2 Å². The van der Waals surface area contributed by atoms with Crippen molar-refractivity contribution in [1.82, 2.24) is 0 Å². The van der Waals surface area contributed by atoms with Gasteiger partial charge < -0.3 is 34.1 Å². The predicted molar refractivity (Wildman–Crippen MR) is 114 cm³/mol. The van der Waals surface area contributed by atoms with Gasteiger partial charge in [0.1, 0.15) is 24.4 Å². The van der Waals surface area contributed by atoms with Crippen LogP contribution in [0.2, 0.25) is 0 Å². The fourth-order valence-corrected chi connectivity index (χ4v) is 4.06. The van der Waals surface area contributed by atoms with E-state index in [1.807, 2.05) is 0 Å². The van der Waals surface area contributed by atoms with Crippen LogP contribution >= 0.6 is 0 Å². The van der Waals surface area contributed by atoms with Crippen LogP contribution in [0.3, 0.4) is 0 Å². The van der Waals surface area contributed by atoms with Crippen LogP contribution in [-0.4, -0.2) is 72.8 Å². The zero-order valence-corrected chi connectivity index (χ0v) is 19.0. The Morgan fingerprint density at radius 2 is 1.53 bits per heavy atom. The number of ether oxygens (including phenoxy) is 2. The average molecular weight is 479 g/mol. The Morgan fingerprint density at radius 1 is 0.906 bits per heavy atom. The molecule has 1 aromatic carbocycles. The van der Waals surface area contributed by atoms with Gasteiger partial charge in [-0.05, 0) is 18.6 Å². The first-order chi connectivity index (χ1) is 15.3. The van der Waals surface area contributed by atoms with E-state index in [2.05, 4.69) is 6.92 Å². The minimum Gasteiger partial charge on any atom is -0.490 e. The Hall–Kier alpha value is -1.47. The molecule has 184 valence electrons. The van der Waals surface area contributed by atoms with Crippen LogP contribution in [0.15, 0.2) is 24.3 Å². The van der Waals surface area contributed by atoms with Crippen LogP contribution in [0.4, 0.5) is 0 Å². The van der Waals surface area contributed by atoms with Gasteiger partial charge in [0.15, 0.2) is 11.5 Å². The molecule has 0 aromatic heterocycles. The molecule has 0 amide bonds. The lowest BCUT2D eigenvalue weighted by Crippen LogP contribution is -2.59. The van der Waals surface area contributed by atoms with E-state index in [1.54, 1.807) is 18.2 Å². The molecule has 10 nitrogen and oxygen atoms in total. The summed E-state index contributed by atoms with van der Waals surface area (Å²) in [4.78, 5) is 0. The van der Waals surface area contributed by atoms with E-state index >= 15 is 0 Å². The molecule has 1 fully saturated rings. The second-order valence-corrected chi connectivity index (χ2v) is 8.88. The zero-order chi connectivity index (χ0) is 23.6. The van der Waals surface area contributed by atoms with Crippen LogP contribution < -0.4 is 8.92 Å². The number of aliphatic hydroxyl groups excluding tert-OH is 4. The van der Waals surface area contributed by atoms with Crippen molar-refractivity contribution in [2.75, 3.05) is 13.2 Å².